The molecule has 0 aliphatic rings. The van der Waals surface area contributed by atoms with Crippen LogP contribution in [0.3, 0.4) is 0 Å². The van der Waals surface area contributed by atoms with E-state index in [0.717, 1.165) is 17.9 Å². The van der Waals surface area contributed by atoms with Crippen LogP contribution in [0, 0.1) is 5.41 Å². The maximum atomic E-state index is 11.5. The summed E-state index contributed by atoms with van der Waals surface area (Å²) in [7, 11) is 1.32. The van der Waals surface area contributed by atoms with Crippen molar-refractivity contribution in [1.29, 1.82) is 0 Å². The van der Waals surface area contributed by atoms with Crippen molar-refractivity contribution in [3.05, 3.63) is 0 Å². The quantitative estimate of drug-likeness (QED) is 0.384. The number of ketones is 1. The average molecular weight is 232 g/mol. The van der Waals surface area contributed by atoms with Gasteiger partial charge in [-0.25, -0.2) is 0 Å². The Bertz CT molecular complexity index is 228. The Balaban J connectivity index is 4.27. The van der Waals surface area contributed by atoms with Gasteiger partial charge in [-0.3, -0.25) is 9.59 Å². The Morgan fingerprint density at radius 3 is 2.40 bits per heavy atom. The van der Waals surface area contributed by atoms with Gasteiger partial charge in [-0.1, -0.05) is 6.92 Å². The average Bonchev–Trinajstić information content (AvgIpc) is 2.22. The first kappa shape index (κ1) is 14.5. The molecule has 15 heavy (non-hydrogen) atoms. The normalized spacial score (nSPS) is 14.4. The van der Waals surface area contributed by atoms with E-state index in [9.17, 15) is 9.59 Å². The van der Waals surface area contributed by atoms with Crippen molar-refractivity contribution < 1.29 is 14.3 Å². The minimum absolute atomic E-state index is 0.115. The molecule has 0 aliphatic heterocycles. The van der Waals surface area contributed by atoms with Gasteiger partial charge in [0.25, 0.3) is 0 Å². The Morgan fingerprint density at radius 2 is 2.00 bits per heavy atom. The van der Waals surface area contributed by atoms with E-state index in [1.54, 1.807) is 6.92 Å². The van der Waals surface area contributed by atoms with Crippen LogP contribution in [-0.4, -0.2) is 30.4 Å². The van der Waals surface area contributed by atoms with Crippen molar-refractivity contribution in [3.63, 3.8) is 0 Å². The summed E-state index contributed by atoms with van der Waals surface area (Å²) in [5.74, 6) is 1.51. The lowest BCUT2D eigenvalue weighted by Crippen LogP contribution is -2.36. The smallest absolute Gasteiger partial charge is 0.319 e. The molecule has 0 radical (unpaired) electrons. The van der Waals surface area contributed by atoms with Crippen LogP contribution in [0.15, 0.2) is 0 Å². The summed E-state index contributed by atoms with van der Waals surface area (Å²) < 4.78 is 4.67. The van der Waals surface area contributed by atoms with E-state index in [-0.39, 0.29) is 5.78 Å². The number of hydrogen-bond donors (Lipinski definition) is 0. The number of thioether (sulfide) groups is 1. The molecule has 4 heteroatoms. The molecule has 0 aromatic carbocycles. The highest BCUT2D eigenvalue weighted by Crippen LogP contribution is 2.27. The van der Waals surface area contributed by atoms with Crippen LogP contribution in [0.25, 0.3) is 0 Å². The van der Waals surface area contributed by atoms with Gasteiger partial charge in [-0.2, -0.15) is 11.8 Å². The molecule has 0 fully saturated rings. The monoisotopic (exact) mass is 232 g/mol. The minimum atomic E-state index is -0.955. The van der Waals surface area contributed by atoms with Gasteiger partial charge >= 0.3 is 5.97 Å². The Morgan fingerprint density at radius 1 is 1.40 bits per heavy atom. The molecular formula is C11H20O3S. The van der Waals surface area contributed by atoms with Gasteiger partial charge in [0.1, 0.15) is 11.2 Å². The first-order valence-corrected chi connectivity index (χ1v) is 6.31. The lowest BCUT2D eigenvalue weighted by molar-refractivity contribution is -0.156. The fourth-order valence-corrected chi connectivity index (χ4v) is 1.96. The molecule has 0 aromatic rings. The SMILES string of the molecule is CCSCCCC(C)(C(C)=O)C(=O)OC. The molecule has 0 saturated carbocycles. The second-order valence-corrected chi connectivity index (χ2v) is 5.07. The predicted molar refractivity (Wildman–Crippen MR) is 63.0 cm³/mol. The zero-order valence-corrected chi connectivity index (χ0v) is 10.8. The second kappa shape index (κ2) is 6.88. The molecule has 0 rings (SSSR count). The summed E-state index contributed by atoms with van der Waals surface area (Å²) in [6.07, 6.45) is 1.44. The highest BCUT2D eigenvalue weighted by molar-refractivity contribution is 7.99. The van der Waals surface area contributed by atoms with E-state index in [1.165, 1.54) is 14.0 Å². The fraction of sp³-hybridized carbons (Fsp3) is 0.818. The van der Waals surface area contributed by atoms with E-state index in [0.29, 0.717) is 6.42 Å². The Hall–Kier alpha value is -0.510. The Kier molecular flexibility index (Phi) is 6.65. The molecule has 0 saturated heterocycles. The van der Waals surface area contributed by atoms with E-state index in [1.807, 2.05) is 11.8 Å². The largest absolute Gasteiger partial charge is 0.468 e. The molecule has 0 aliphatic carbocycles. The van der Waals surface area contributed by atoms with Gasteiger partial charge in [-0.05, 0) is 38.2 Å². The molecule has 1 atom stereocenters. The molecule has 0 spiro atoms. The second-order valence-electron chi connectivity index (χ2n) is 3.68. The van der Waals surface area contributed by atoms with E-state index < -0.39 is 11.4 Å². The van der Waals surface area contributed by atoms with Crippen molar-refractivity contribution in [2.75, 3.05) is 18.6 Å². The van der Waals surface area contributed by atoms with Crippen molar-refractivity contribution in [2.24, 2.45) is 5.41 Å². The van der Waals surface area contributed by atoms with Crippen molar-refractivity contribution in [1.82, 2.24) is 0 Å². The highest BCUT2D eigenvalue weighted by atomic mass is 32.2. The number of rotatable bonds is 7. The van der Waals surface area contributed by atoms with Crippen LogP contribution in [0.4, 0.5) is 0 Å². The molecule has 0 N–H and O–H groups in total. The molecule has 0 amide bonds. The van der Waals surface area contributed by atoms with E-state index >= 15 is 0 Å². The third-order valence-electron chi connectivity index (χ3n) is 2.58. The number of Topliss-reactive ketones (excluding diaryl/α,β-unsaturated/α-hetero) is 1. The summed E-state index contributed by atoms with van der Waals surface area (Å²) in [5.41, 5.74) is -0.955. The third kappa shape index (κ3) is 4.24. The number of carbonyl (C=O) groups excluding carboxylic acids is 2. The standard InChI is InChI=1S/C11H20O3S/c1-5-15-8-6-7-11(3,9(2)12)10(13)14-4/h5-8H2,1-4H3. The van der Waals surface area contributed by atoms with Gasteiger partial charge in [0.2, 0.25) is 0 Å². The summed E-state index contributed by atoms with van der Waals surface area (Å²) in [6, 6.07) is 0. The van der Waals surface area contributed by atoms with Crippen molar-refractivity contribution in [3.8, 4) is 0 Å². The zero-order chi connectivity index (χ0) is 11.9. The van der Waals surface area contributed by atoms with Crippen LogP contribution >= 0.6 is 11.8 Å². The lowest BCUT2D eigenvalue weighted by Gasteiger charge is -2.23. The first-order chi connectivity index (χ1) is 6.99. The number of methoxy groups -OCH3 is 1. The third-order valence-corrected chi connectivity index (χ3v) is 3.57. The molecule has 3 nitrogen and oxygen atoms in total. The summed E-state index contributed by atoms with van der Waals surface area (Å²) in [6.45, 7) is 5.21. The predicted octanol–water partition coefficient (Wildman–Crippen LogP) is 2.29. The molecule has 88 valence electrons. The van der Waals surface area contributed by atoms with Crippen LogP contribution in [0.2, 0.25) is 0 Å². The maximum Gasteiger partial charge on any atom is 0.319 e. The van der Waals surface area contributed by atoms with E-state index in [2.05, 4.69) is 11.7 Å². The maximum absolute atomic E-state index is 11.5. The minimum Gasteiger partial charge on any atom is -0.468 e. The van der Waals surface area contributed by atoms with Gasteiger partial charge in [0.15, 0.2) is 0 Å². The zero-order valence-electron chi connectivity index (χ0n) is 9.96. The molecule has 0 aromatic heterocycles. The topological polar surface area (TPSA) is 43.4 Å². The number of ether oxygens (including phenoxy) is 1. The van der Waals surface area contributed by atoms with Gasteiger partial charge < -0.3 is 4.74 Å². The van der Waals surface area contributed by atoms with Crippen LogP contribution in [0.1, 0.15) is 33.6 Å². The van der Waals surface area contributed by atoms with Gasteiger partial charge in [0, 0.05) is 0 Å². The Labute approximate surface area is 95.9 Å². The number of esters is 1. The first-order valence-electron chi connectivity index (χ1n) is 5.16. The lowest BCUT2D eigenvalue weighted by atomic mass is 9.82. The summed E-state index contributed by atoms with van der Waals surface area (Å²) in [4.78, 5) is 22.9. The van der Waals surface area contributed by atoms with Crippen LogP contribution < -0.4 is 0 Å². The van der Waals surface area contributed by atoms with E-state index in [4.69, 9.17) is 0 Å². The van der Waals surface area contributed by atoms with Crippen molar-refractivity contribution >= 4 is 23.5 Å². The highest BCUT2D eigenvalue weighted by Gasteiger charge is 2.38. The number of hydrogen-bond acceptors (Lipinski definition) is 4. The van der Waals surface area contributed by atoms with Crippen molar-refractivity contribution in [2.45, 2.75) is 33.6 Å². The molecule has 0 heterocycles. The molecule has 0 bridgehead atoms. The number of carbonyl (C=O) groups is 2. The van der Waals surface area contributed by atoms with Gasteiger partial charge in [-0.15, -0.1) is 0 Å². The van der Waals surface area contributed by atoms with Crippen LogP contribution in [0.5, 0.6) is 0 Å². The summed E-state index contributed by atoms with van der Waals surface area (Å²) in [5, 5.41) is 0. The molecular weight excluding hydrogens is 212 g/mol. The fourth-order valence-electron chi connectivity index (χ4n) is 1.32. The molecule has 1 unspecified atom stereocenters. The summed E-state index contributed by atoms with van der Waals surface area (Å²) >= 11 is 1.82. The van der Waals surface area contributed by atoms with Gasteiger partial charge in [0.05, 0.1) is 7.11 Å². The van der Waals surface area contributed by atoms with Crippen LogP contribution in [-0.2, 0) is 14.3 Å².